The molecule has 0 atom stereocenters. The van der Waals surface area contributed by atoms with Crippen LogP contribution in [-0.4, -0.2) is 0 Å². The molecule has 18 heavy (non-hydrogen) atoms. The molecule has 0 amide bonds. The highest BCUT2D eigenvalue weighted by Gasteiger charge is 2.44. The molecule has 0 aliphatic carbocycles. The Bertz CT molecular complexity index is 497. The molecule has 1 rings (SSSR count). The van der Waals surface area contributed by atoms with E-state index in [4.69, 9.17) is 16.9 Å². The molecule has 1 aromatic rings. The van der Waals surface area contributed by atoms with Gasteiger partial charge in [-0.05, 0) is 17.7 Å². The number of hydrogen-bond donors (Lipinski definition) is 0. The van der Waals surface area contributed by atoms with Crippen molar-refractivity contribution in [1.82, 2.24) is 0 Å². The Morgan fingerprint density at radius 2 is 1.61 bits per heavy atom. The fourth-order valence-electron chi connectivity index (χ4n) is 1.43. The van der Waals surface area contributed by atoms with Gasteiger partial charge in [0, 0.05) is 5.88 Å². The van der Waals surface area contributed by atoms with Crippen molar-refractivity contribution in [1.29, 1.82) is 5.26 Å². The van der Waals surface area contributed by atoms with Crippen LogP contribution in [0.5, 0.6) is 0 Å². The van der Waals surface area contributed by atoms with Gasteiger partial charge in [0.2, 0.25) is 0 Å². The maximum absolute atomic E-state index is 12.6. The van der Waals surface area contributed by atoms with Crippen LogP contribution in [0.3, 0.4) is 0 Å². The van der Waals surface area contributed by atoms with Gasteiger partial charge in [0.25, 0.3) is 0 Å². The molecule has 1 nitrogen and oxygen atoms in total. The van der Waals surface area contributed by atoms with Crippen molar-refractivity contribution in [3.05, 3.63) is 34.4 Å². The summed E-state index contributed by atoms with van der Waals surface area (Å²) in [5, 5.41) is 8.50. The summed E-state index contributed by atoms with van der Waals surface area (Å²) in [5.74, 6) is -0.770. The van der Waals surface area contributed by atoms with Crippen LogP contribution in [-0.2, 0) is 18.2 Å². The first-order chi connectivity index (χ1) is 8.11. The Labute approximate surface area is 103 Å². The lowest BCUT2D eigenvalue weighted by Crippen LogP contribution is -2.19. The molecule has 0 N–H and O–H groups in total. The summed E-state index contributed by atoms with van der Waals surface area (Å²) in [6, 6.07) is 2.23. The zero-order valence-electron chi connectivity index (χ0n) is 8.45. The molecule has 0 fully saturated rings. The number of alkyl halides is 7. The lowest BCUT2D eigenvalue weighted by molar-refractivity contribution is -0.162. The SMILES string of the molecule is N#Cc1cc(CCl)c(C(F)(F)F)c(C(F)(F)F)c1. The van der Waals surface area contributed by atoms with Crippen LogP contribution < -0.4 is 0 Å². The smallest absolute Gasteiger partial charge is 0.192 e. The molecule has 0 saturated carbocycles. The molecule has 0 heterocycles. The standard InChI is InChI=1S/C10H4ClF6N/c11-3-6-1-5(4-18)2-7(9(12,13)14)8(6)10(15,16)17/h1-2H,3H2. The van der Waals surface area contributed by atoms with Crippen LogP contribution in [0.1, 0.15) is 22.3 Å². The highest BCUT2D eigenvalue weighted by Crippen LogP contribution is 2.43. The minimum Gasteiger partial charge on any atom is -0.192 e. The highest BCUT2D eigenvalue weighted by atomic mass is 35.5. The largest absolute Gasteiger partial charge is 0.417 e. The predicted molar refractivity (Wildman–Crippen MR) is 50.7 cm³/mol. The van der Waals surface area contributed by atoms with Crippen molar-refractivity contribution in [2.24, 2.45) is 0 Å². The van der Waals surface area contributed by atoms with E-state index in [1.165, 1.54) is 6.07 Å². The number of halogens is 7. The second kappa shape index (κ2) is 4.69. The second-order valence-corrected chi connectivity index (χ2v) is 3.57. The molecule has 1 aromatic carbocycles. The van der Waals surface area contributed by atoms with E-state index in [1.807, 2.05) is 0 Å². The summed E-state index contributed by atoms with van der Waals surface area (Å²) in [6.07, 6.45) is -10.4. The van der Waals surface area contributed by atoms with Crippen molar-refractivity contribution < 1.29 is 26.3 Å². The monoisotopic (exact) mass is 287 g/mol. The van der Waals surface area contributed by atoms with Gasteiger partial charge < -0.3 is 0 Å². The minimum atomic E-state index is -5.21. The van der Waals surface area contributed by atoms with E-state index in [0.29, 0.717) is 6.07 Å². The van der Waals surface area contributed by atoms with Crippen molar-refractivity contribution in [3.8, 4) is 6.07 Å². The molecular weight excluding hydrogens is 284 g/mol. The molecule has 8 heteroatoms. The van der Waals surface area contributed by atoms with Gasteiger partial charge in [-0.25, -0.2) is 0 Å². The highest BCUT2D eigenvalue weighted by molar-refractivity contribution is 6.17. The van der Waals surface area contributed by atoms with Crippen molar-refractivity contribution >= 4 is 11.6 Å². The van der Waals surface area contributed by atoms with Gasteiger partial charge in [-0.15, -0.1) is 11.6 Å². The van der Waals surface area contributed by atoms with E-state index >= 15 is 0 Å². The average molecular weight is 288 g/mol. The van der Waals surface area contributed by atoms with Gasteiger partial charge in [-0.1, -0.05) is 0 Å². The van der Waals surface area contributed by atoms with Crippen LogP contribution in [0.15, 0.2) is 12.1 Å². The number of nitriles is 1. The van der Waals surface area contributed by atoms with Gasteiger partial charge in [0.1, 0.15) is 0 Å². The van der Waals surface area contributed by atoms with Crippen LogP contribution in [0, 0.1) is 11.3 Å². The molecule has 0 aromatic heterocycles. The van der Waals surface area contributed by atoms with Gasteiger partial charge in [0.05, 0.1) is 22.8 Å². The Kier molecular flexibility index (Phi) is 3.81. The third-order valence-corrected chi connectivity index (χ3v) is 2.37. The Morgan fingerprint density at radius 3 is 1.94 bits per heavy atom. The zero-order chi connectivity index (χ0) is 14.1. The number of rotatable bonds is 1. The van der Waals surface area contributed by atoms with Crippen LogP contribution in [0.25, 0.3) is 0 Å². The summed E-state index contributed by atoms with van der Waals surface area (Å²) in [5.41, 5.74) is -5.03. The molecule has 0 aliphatic rings. The first-order valence-electron chi connectivity index (χ1n) is 4.38. The van der Waals surface area contributed by atoms with E-state index in [9.17, 15) is 26.3 Å². The zero-order valence-corrected chi connectivity index (χ0v) is 9.21. The molecular formula is C10H4ClF6N. The van der Waals surface area contributed by atoms with Crippen LogP contribution in [0.2, 0.25) is 0 Å². The lowest BCUT2D eigenvalue weighted by atomic mass is 9.98. The number of hydrogen-bond acceptors (Lipinski definition) is 1. The third-order valence-electron chi connectivity index (χ3n) is 2.08. The Balaban J connectivity index is 3.71. The summed E-state index contributed by atoms with van der Waals surface area (Å²) in [7, 11) is 0. The first kappa shape index (κ1) is 14.6. The maximum atomic E-state index is 12.6. The average Bonchev–Trinajstić information content (AvgIpc) is 2.24. The van der Waals surface area contributed by atoms with Crippen LogP contribution in [0.4, 0.5) is 26.3 Å². The van der Waals surface area contributed by atoms with E-state index in [0.717, 1.165) is 0 Å². The van der Waals surface area contributed by atoms with E-state index < -0.39 is 40.5 Å². The van der Waals surface area contributed by atoms with Crippen molar-refractivity contribution in [2.75, 3.05) is 0 Å². The minimum absolute atomic E-state index is 0.166. The molecule has 0 spiro atoms. The summed E-state index contributed by atoms with van der Waals surface area (Å²) in [4.78, 5) is 0. The maximum Gasteiger partial charge on any atom is 0.417 e. The van der Waals surface area contributed by atoms with Gasteiger partial charge in [0.15, 0.2) is 0 Å². The Morgan fingerprint density at radius 1 is 1.06 bits per heavy atom. The van der Waals surface area contributed by atoms with E-state index in [1.54, 1.807) is 0 Å². The van der Waals surface area contributed by atoms with Crippen LogP contribution >= 0.6 is 11.6 Å². The molecule has 98 valence electrons. The number of nitrogens with zero attached hydrogens (tertiary/aromatic N) is 1. The second-order valence-electron chi connectivity index (χ2n) is 3.30. The van der Waals surface area contributed by atoms with E-state index in [-0.39, 0.29) is 6.07 Å². The summed E-state index contributed by atoms with van der Waals surface area (Å²) < 4.78 is 75.5. The molecule has 0 aliphatic heterocycles. The van der Waals surface area contributed by atoms with E-state index in [2.05, 4.69) is 0 Å². The number of benzene rings is 1. The molecule has 0 bridgehead atoms. The van der Waals surface area contributed by atoms with Crippen molar-refractivity contribution in [3.63, 3.8) is 0 Å². The normalized spacial score (nSPS) is 12.3. The van der Waals surface area contributed by atoms with Gasteiger partial charge in [-0.2, -0.15) is 31.6 Å². The molecule has 0 saturated heterocycles. The lowest BCUT2D eigenvalue weighted by Gasteiger charge is -2.18. The summed E-state index contributed by atoms with van der Waals surface area (Å²) in [6.45, 7) is 0. The van der Waals surface area contributed by atoms with Gasteiger partial charge >= 0.3 is 12.4 Å². The third kappa shape index (κ3) is 2.88. The quantitative estimate of drug-likeness (QED) is 0.557. The molecule has 0 radical (unpaired) electrons. The van der Waals surface area contributed by atoms with Gasteiger partial charge in [-0.3, -0.25) is 0 Å². The molecule has 0 unspecified atom stereocenters. The fourth-order valence-corrected chi connectivity index (χ4v) is 1.64. The predicted octanol–water partition coefficient (Wildman–Crippen LogP) is 4.33. The summed E-state index contributed by atoms with van der Waals surface area (Å²) >= 11 is 5.21. The first-order valence-corrected chi connectivity index (χ1v) is 4.92. The Hall–Kier alpha value is -1.42. The van der Waals surface area contributed by atoms with Crippen molar-refractivity contribution in [2.45, 2.75) is 18.2 Å². The fraction of sp³-hybridized carbons (Fsp3) is 0.300. The topological polar surface area (TPSA) is 23.8 Å².